The van der Waals surface area contributed by atoms with Crippen molar-refractivity contribution in [1.82, 2.24) is 20.4 Å². The molecule has 0 aliphatic heterocycles. The van der Waals surface area contributed by atoms with Crippen LogP contribution in [-0.4, -0.2) is 30.0 Å². The van der Waals surface area contributed by atoms with Gasteiger partial charge in [-0.2, -0.15) is 5.10 Å². The van der Waals surface area contributed by atoms with Crippen molar-refractivity contribution < 1.29 is 14.3 Å². The minimum absolute atomic E-state index is 0.239. The Balaban J connectivity index is 1.53. The van der Waals surface area contributed by atoms with Crippen molar-refractivity contribution in [2.75, 3.05) is 14.2 Å². The highest BCUT2D eigenvalue weighted by Crippen LogP contribution is 2.29. The van der Waals surface area contributed by atoms with Gasteiger partial charge in [-0.25, -0.2) is 4.79 Å². The van der Waals surface area contributed by atoms with E-state index in [1.54, 1.807) is 20.4 Å². The Morgan fingerprint density at radius 1 is 1.10 bits per heavy atom. The number of hydrogen-bond donors (Lipinski definition) is 2. The molecule has 3 aromatic rings. The van der Waals surface area contributed by atoms with Crippen LogP contribution in [0, 0.1) is 0 Å². The minimum Gasteiger partial charge on any atom is -0.497 e. The van der Waals surface area contributed by atoms with E-state index in [1.807, 2.05) is 66.3 Å². The Hall–Kier alpha value is -3.48. The van der Waals surface area contributed by atoms with Gasteiger partial charge in [-0.05, 0) is 42.3 Å². The second-order valence-corrected chi connectivity index (χ2v) is 6.68. The maximum atomic E-state index is 12.3. The van der Waals surface area contributed by atoms with Gasteiger partial charge < -0.3 is 20.1 Å². The summed E-state index contributed by atoms with van der Waals surface area (Å²) in [6.07, 6.45) is 3.69. The van der Waals surface area contributed by atoms with Crippen LogP contribution in [0.4, 0.5) is 4.79 Å². The molecule has 1 unspecified atom stereocenters. The predicted molar refractivity (Wildman–Crippen MR) is 111 cm³/mol. The molecule has 1 heterocycles. The highest BCUT2D eigenvalue weighted by atomic mass is 16.5. The zero-order chi connectivity index (χ0) is 20.6. The lowest BCUT2D eigenvalue weighted by Gasteiger charge is -2.18. The highest BCUT2D eigenvalue weighted by Gasteiger charge is 2.15. The fourth-order valence-corrected chi connectivity index (χ4v) is 3.03. The molecule has 3 rings (SSSR count). The number of carbonyl (C=O) groups excluding carboxylic acids is 1. The topological polar surface area (TPSA) is 77.4 Å². The summed E-state index contributed by atoms with van der Waals surface area (Å²) in [5.74, 6) is 1.41. The Kier molecular flexibility index (Phi) is 6.73. The Labute approximate surface area is 170 Å². The van der Waals surface area contributed by atoms with Crippen LogP contribution in [0.5, 0.6) is 11.5 Å². The van der Waals surface area contributed by atoms with Gasteiger partial charge in [-0.15, -0.1) is 0 Å². The van der Waals surface area contributed by atoms with Gasteiger partial charge in [0.25, 0.3) is 0 Å². The molecule has 0 spiro atoms. The average molecular weight is 394 g/mol. The Morgan fingerprint density at radius 3 is 2.52 bits per heavy atom. The molecule has 0 bridgehead atoms. The van der Waals surface area contributed by atoms with Crippen molar-refractivity contribution in [2.24, 2.45) is 0 Å². The zero-order valence-corrected chi connectivity index (χ0v) is 16.9. The van der Waals surface area contributed by atoms with E-state index in [4.69, 9.17) is 9.47 Å². The molecule has 0 fully saturated rings. The molecule has 0 aliphatic rings. The Morgan fingerprint density at radius 2 is 1.86 bits per heavy atom. The molecule has 7 nitrogen and oxygen atoms in total. The van der Waals surface area contributed by atoms with Crippen LogP contribution < -0.4 is 20.1 Å². The van der Waals surface area contributed by atoms with E-state index < -0.39 is 0 Å². The summed E-state index contributed by atoms with van der Waals surface area (Å²) in [5, 5.41) is 10.0. The number of hydrogen-bond acceptors (Lipinski definition) is 4. The number of ether oxygens (including phenoxy) is 2. The average Bonchev–Trinajstić information content (AvgIpc) is 3.25. The van der Waals surface area contributed by atoms with Crippen molar-refractivity contribution in [2.45, 2.75) is 26.1 Å². The molecular weight excluding hydrogens is 368 g/mol. The van der Waals surface area contributed by atoms with E-state index in [0.717, 1.165) is 23.2 Å². The molecule has 1 aromatic heterocycles. The SMILES string of the molecule is COc1ccc(OC)c(C(C)NC(=O)NCc2ccc(Cn3cccn3)cc2)c1. The summed E-state index contributed by atoms with van der Waals surface area (Å²) < 4.78 is 12.5. The monoisotopic (exact) mass is 394 g/mol. The van der Waals surface area contributed by atoms with Gasteiger partial charge in [0.05, 0.1) is 26.8 Å². The molecule has 152 valence electrons. The lowest BCUT2D eigenvalue weighted by Crippen LogP contribution is -2.36. The molecule has 0 aliphatic carbocycles. The quantitative estimate of drug-likeness (QED) is 0.613. The summed E-state index contributed by atoms with van der Waals surface area (Å²) in [5.41, 5.74) is 3.03. The second kappa shape index (κ2) is 9.64. The van der Waals surface area contributed by atoms with Gasteiger partial charge in [-0.3, -0.25) is 4.68 Å². The van der Waals surface area contributed by atoms with Crippen molar-refractivity contribution in [3.8, 4) is 11.5 Å². The summed E-state index contributed by atoms with van der Waals surface area (Å²) in [4.78, 5) is 12.3. The number of amides is 2. The van der Waals surface area contributed by atoms with Crippen LogP contribution in [0.3, 0.4) is 0 Å². The molecule has 0 saturated heterocycles. The summed E-state index contributed by atoms with van der Waals surface area (Å²) >= 11 is 0. The van der Waals surface area contributed by atoms with Crippen LogP contribution in [0.1, 0.15) is 29.7 Å². The number of nitrogens with one attached hydrogen (secondary N) is 2. The number of methoxy groups -OCH3 is 2. The maximum Gasteiger partial charge on any atom is 0.315 e. The lowest BCUT2D eigenvalue weighted by molar-refractivity contribution is 0.237. The number of nitrogens with zero attached hydrogens (tertiary/aromatic N) is 2. The van der Waals surface area contributed by atoms with E-state index in [0.29, 0.717) is 18.0 Å². The molecule has 7 heteroatoms. The normalized spacial score (nSPS) is 11.6. The molecule has 0 saturated carbocycles. The maximum absolute atomic E-state index is 12.3. The second-order valence-electron chi connectivity index (χ2n) is 6.68. The number of rotatable bonds is 8. The third kappa shape index (κ3) is 5.51. The van der Waals surface area contributed by atoms with Gasteiger partial charge in [0.1, 0.15) is 11.5 Å². The molecule has 2 amide bonds. The smallest absolute Gasteiger partial charge is 0.315 e. The van der Waals surface area contributed by atoms with Gasteiger partial charge in [0.2, 0.25) is 0 Å². The summed E-state index contributed by atoms with van der Waals surface area (Å²) in [6, 6.07) is 15.0. The molecule has 2 N–H and O–H groups in total. The largest absolute Gasteiger partial charge is 0.497 e. The molecule has 0 radical (unpaired) electrons. The number of aromatic nitrogens is 2. The van der Waals surface area contributed by atoms with Crippen LogP contribution in [0.25, 0.3) is 0 Å². The van der Waals surface area contributed by atoms with Crippen molar-refractivity contribution in [3.63, 3.8) is 0 Å². The Bertz CT molecular complexity index is 924. The van der Waals surface area contributed by atoms with E-state index in [2.05, 4.69) is 15.7 Å². The van der Waals surface area contributed by atoms with Gasteiger partial charge >= 0.3 is 6.03 Å². The van der Waals surface area contributed by atoms with Crippen molar-refractivity contribution in [1.29, 1.82) is 0 Å². The molecule has 29 heavy (non-hydrogen) atoms. The van der Waals surface area contributed by atoms with E-state index in [1.165, 1.54) is 0 Å². The standard InChI is InChI=1S/C22H26N4O3/c1-16(20-13-19(28-2)9-10-21(20)29-3)25-22(27)23-14-17-5-7-18(8-6-17)15-26-12-4-11-24-26/h4-13,16H,14-15H2,1-3H3,(H2,23,25,27). The fraction of sp³-hybridized carbons (Fsp3) is 0.273. The van der Waals surface area contributed by atoms with E-state index in [-0.39, 0.29) is 12.1 Å². The zero-order valence-electron chi connectivity index (χ0n) is 16.9. The van der Waals surface area contributed by atoms with Crippen LogP contribution >= 0.6 is 0 Å². The number of benzene rings is 2. The van der Waals surface area contributed by atoms with Crippen molar-refractivity contribution in [3.05, 3.63) is 77.6 Å². The molecular formula is C22H26N4O3. The predicted octanol–water partition coefficient (Wildman–Crippen LogP) is 3.51. The minimum atomic E-state index is -0.247. The van der Waals surface area contributed by atoms with Crippen molar-refractivity contribution >= 4 is 6.03 Å². The molecule has 1 atom stereocenters. The van der Waals surface area contributed by atoms with Crippen LogP contribution in [0.15, 0.2) is 60.9 Å². The number of carbonyl (C=O) groups is 1. The van der Waals surface area contributed by atoms with E-state index >= 15 is 0 Å². The van der Waals surface area contributed by atoms with Crippen LogP contribution in [0.2, 0.25) is 0 Å². The first-order chi connectivity index (χ1) is 14.1. The summed E-state index contributed by atoms with van der Waals surface area (Å²) in [7, 11) is 3.21. The molecule has 2 aromatic carbocycles. The van der Waals surface area contributed by atoms with E-state index in [9.17, 15) is 4.79 Å². The first kappa shape index (κ1) is 20.3. The first-order valence-corrected chi connectivity index (χ1v) is 9.40. The van der Waals surface area contributed by atoms with Crippen LogP contribution in [-0.2, 0) is 13.1 Å². The third-order valence-corrected chi connectivity index (χ3v) is 4.63. The summed E-state index contributed by atoms with van der Waals surface area (Å²) in [6.45, 7) is 3.07. The van der Waals surface area contributed by atoms with Gasteiger partial charge in [0.15, 0.2) is 0 Å². The van der Waals surface area contributed by atoms with Gasteiger partial charge in [0, 0.05) is 24.5 Å². The highest BCUT2D eigenvalue weighted by molar-refractivity contribution is 5.74. The number of urea groups is 1. The lowest BCUT2D eigenvalue weighted by atomic mass is 10.1. The first-order valence-electron chi connectivity index (χ1n) is 9.40. The fourth-order valence-electron chi connectivity index (χ4n) is 3.03. The third-order valence-electron chi connectivity index (χ3n) is 4.63. The van der Waals surface area contributed by atoms with Gasteiger partial charge in [-0.1, -0.05) is 24.3 Å².